The van der Waals surface area contributed by atoms with Crippen LogP contribution in [0.5, 0.6) is 23.0 Å². The second kappa shape index (κ2) is 6.95. The Bertz CT molecular complexity index is 757. The zero-order chi connectivity index (χ0) is 17.9. The molecule has 2 rings (SSSR count). The van der Waals surface area contributed by atoms with E-state index >= 15 is 0 Å². The average Bonchev–Trinajstić information content (AvgIpc) is 2.81. The lowest BCUT2D eigenvalue weighted by atomic mass is 10.1. The van der Waals surface area contributed by atoms with Crippen molar-refractivity contribution >= 4 is 17.8 Å². The molecule has 0 fully saturated rings. The van der Waals surface area contributed by atoms with E-state index in [0.29, 0.717) is 17.1 Å². The Hall–Kier alpha value is -3.16. The predicted molar refractivity (Wildman–Crippen MR) is 84.5 cm³/mol. The number of nitrogens with one attached hydrogen (secondary N) is 1. The molecule has 0 saturated heterocycles. The molecule has 0 spiro atoms. The van der Waals surface area contributed by atoms with Crippen LogP contribution in [0.3, 0.4) is 0 Å². The predicted octanol–water partition coefficient (Wildman–Crippen LogP) is 2.55. The van der Waals surface area contributed by atoms with E-state index in [-0.39, 0.29) is 17.4 Å². The molecular formula is C16H17NO7. The number of benzene rings is 1. The molecule has 8 heteroatoms. The zero-order valence-electron chi connectivity index (χ0n) is 13.6. The van der Waals surface area contributed by atoms with E-state index in [1.165, 1.54) is 21.1 Å². The first-order valence-corrected chi connectivity index (χ1v) is 6.92. The summed E-state index contributed by atoms with van der Waals surface area (Å²) in [5.74, 6) is -1.43. The Kier molecular flexibility index (Phi) is 4.98. The number of aromatic hydroxyl groups is 1. The van der Waals surface area contributed by atoms with Crippen molar-refractivity contribution in [1.29, 1.82) is 0 Å². The molecule has 1 heterocycles. The number of carbonyl (C=O) groups excluding carboxylic acids is 2. The second-order valence-corrected chi connectivity index (χ2v) is 4.75. The fourth-order valence-electron chi connectivity index (χ4n) is 2.13. The third-order valence-corrected chi connectivity index (χ3v) is 3.03. The molecule has 2 aromatic rings. The molecule has 0 aliphatic heterocycles. The largest absolute Gasteiger partial charge is 0.502 e. The van der Waals surface area contributed by atoms with Crippen LogP contribution in [0, 0.1) is 0 Å². The minimum atomic E-state index is -0.684. The van der Waals surface area contributed by atoms with E-state index in [4.69, 9.17) is 18.6 Å². The van der Waals surface area contributed by atoms with Crippen molar-refractivity contribution < 1.29 is 33.3 Å². The number of methoxy groups -OCH3 is 2. The highest BCUT2D eigenvalue weighted by Crippen LogP contribution is 2.51. The van der Waals surface area contributed by atoms with Crippen molar-refractivity contribution in [3.63, 3.8) is 0 Å². The van der Waals surface area contributed by atoms with Crippen LogP contribution in [0.25, 0.3) is 11.3 Å². The van der Waals surface area contributed by atoms with Crippen LogP contribution < -0.4 is 19.5 Å². The molecule has 0 unspecified atom stereocenters. The van der Waals surface area contributed by atoms with Crippen molar-refractivity contribution in [2.45, 2.75) is 13.8 Å². The summed E-state index contributed by atoms with van der Waals surface area (Å²) in [6.07, 6.45) is 0. The normalized spacial score (nSPS) is 10.2. The Labute approximate surface area is 137 Å². The van der Waals surface area contributed by atoms with Gasteiger partial charge in [-0.25, -0.2) is 0 Å². The highest BCUT2D eigenvalue weighted by Gasteiger charge is 2.28. The molecule has 2 N–H and O–H groups in total. The zero-order valence-corrected chi connectivity index (χ0v) is 13.6. The molecule has 0 radical (unpaired) electrons. The van der Waals surface area contributed by atoms with Crippen molar-refractivity contribution in [2.24, 2.45) is 0 Å². The van der Waals surface area contributed by atoms with Gasteiger partial charge >= 0.3 is 5.97 Å². The maximum atomic E-state index is 11.3. The van der Waals surface area contributed by atoms with Crippen LogP contribution in [-0.2, 0) is 9.59 Å². The van der Waals surface area contributed by atoms with Crippen LogP contribution in [0.2, 0.25) is 0 Å². The van der Waals surface area contributed by atoms with Crippen LogP contribution in [0.1, 0.15) is 13.8 Å². The van der Waals surface area contributed by atoms with Crippen molar-refractivity contribution in [1.82, 2.24) is 0 Å². The van der Waals surface area contributed by atoms with Crippen LogP contribution >= 0.6 is 0 Å². The summed E-state index contributed by atoms with van der Waals surface area (Å²) in [4.78, 5) is 22.6. The molecule has 1 aromatic carbocycles. The van der Waals surface area contributed by atoms with Gasteiger partial charge < -0.3 is 23.7 Å². The molecule has 0 atom stereocenters. The number of esters is 1. The van der Waals surface area contributed by atoms with Gasteiger partial charge in [0, 0.05) is 13.8 Å². The molecule has 24 heavy (non-hydrogen) atoms. The summed E-state index contributed by atoms with van der Waals surface area (Å²) in [5, 5.41) is 12.8. The van der Waals surface area contributed by atoms with Gasteiger partial charge in [-0.05, 0) is 12.1 Å². The second-order valence-electron chi connectivity index (χ2n) is 4.75. The number of carbonyl (C=O) groups is 2. The van der Waals surface area contributed by atoms with E-state index in [1.54, 1.807) is 18.2 Å². The first-order valence-electron chi connectivity index (χ1n) is 6.92. The number of hydrogen-bond acceptors (Lipinski definition) is 7. The van der Waals surface area contributed by atoms with E-state index < -0.39 is 17.6 Å². The van der Waals surface area contributed by atoms with Gasteiger partial charge in [-0.3, -0.25) is 14.9 Å². The summed E-state index contributed by atoms with van der Waals surface area (Å²) < 4.78 is 21.0. The topological polar surface area (TPSA) is 107 Å². The maximum Gasteiger partial charge on any atom is 0.308 e. The molecule has 128 valence electrons. The van der Waals surface area contributed by atoms with E-state index in [1.807, 2.05) is 0 Å². The Morgan fingerprint density at radius 2 is 1.71 bits per heavy atom. The monoisotopic (exact) mass is 335 g/mol. The third-order valence-electron chi connectivity index (χ3n) is 3.03. The van der Waals surface area contributed by atoms with Crippen LogP contribution in [-0.4, -0.2) is 31.2 Å². The fraction of sp³-hybridized carbons (Fsp3) is 0.250. The number of furan rings is 1. The Balaban J connectivity index is 2.70. The molecule has 0 aliphatic carbocycles. The Morgan fingerprint density at radius 3 is 2.17 bits per heavy atom. The molecule has 0 bridgehead atoms. The van der Waals surface area contributed by atoms with Gasteiger partial charge in [0.05, 0.1) is 14.2 Å². The van der Waals surface area contributed by atoms with Gasteiger partial charge in [0.15, 0.2) is 5.76 Å². The number of amides is 1. The number of ether oxygens (including phenoxy) is 3. The molecule has 1 aromatic heterocycles. The maximum absolute atomic E-state index is 11.3. The number of hydrogen-bond donors (Lipinski definition) is 2. The van der Waals surface area contributed by atoms with Crippen LogP contribution in [0.4, 0.5) is 5.88 Å². The van der Waals surface area contributed by atoms with Crippen molar-refractivity contribution in [3.8, 4) is 34.3 Å². The van der Waals surface area contributed by atoms with Crippen molar-refractivity contribution in [2.75, 3.05) is 19.5 Å². The molecule has 0 saturated carbocycles. The minimum Gasteiger partial charge on any atom is -0.502 e. The van der Waals surface area contributed by atoms with E-state index in [0.717, 1.165) is 6.92 Å². The van der Waals surface area contributed by atoms with E-state index in [9.17, 15) is 14.7 Å². The first kappa shape index (κ1) is 17.2. The fourth-order valence-corrected chi connectivity index (χ4v) is 2.13. The smallest absolute Gasteiger partial charge is 0.308 e. The van der Waals surface area contributed by atoms with Gasteiger partial charge in [-0.1, -0.05) is 6.07 Å². The molecular weight excluding hydrogens is 318 g/mol. The summed E-state index contributed by atoms with van der Waals surface area (Å²) in [7, 11) is 2.89. The lowest BCUT2D eigenvalue weighted by Crippen LogP contribution is -2.08. The summed E-state index contributed by atoms with van der Waals surface area (Å²) in [6, 6.07) is 4.98. The Morgan fingerprint density at radius 1 is 1.12 bits per heavy atom. The lowest BCUT2D eigenvalue weighted by molar-refractivity contribution is -0.132. The lowest BCUT2D eigenvalue weighted by Gasteiger charge is -2.11. The SMILES string of the molecule is COc1cccc(OC)c1-c1oc(NC(C)=O)c(OC(C)=O)c1O. The minimum absolute atomic E-state index is 0.0655. The highest BCUT2D eigenvalue weighted by molar-refractivity contribution is 5.92. The van der Waals surface area contributed by atoms with Gasteiger partial charge in [-0.2, -0.15) is 0 Å². The quantitative estimate of drug-likeness (QED) is 0.808. The van der Waals surface area contributed by atoms with Crippen LogP contribution in [0.15, 0.2) is 22.6 Å². The molecule has 8 nitrogen and oxygen atoms in total. The first-order chi connectivity index (χ1) is 11.4. The molecule has 1 amide bonds. The van der Waals surface area contributed by atoms with Gasteiger partial charge in [-0.15, -0.1) is 0 Å². The van der Waals surface area contributed by atoms with E-state index in [2.05, 4.69) is 5.32 Å². The number of rotatable bonds is 5. The van der Waals surface area contributed by atoms with Crippen molar-refractivity contribution in [3.05, 3.63) is 18.2 Å². The number of anilines is 1. The standard InChI is InChI=1S/C16H17NO7/c1-8(18)17-16-15(23-9(2)19)13(20)14(24-16)12-10(21-3)6-5-7-11(12)22-4/h5-7,20H,1-4H3,(H,17,18). The summed E-state index contributed by atoms with van der Waals surface area (Å²) in [6.45, 7) is 2.41. The highest BCUT2D eigenvalue weighted by atomic mass is 16.6. The third kappa shape index (κ3) is 3.27. The van der Waals surface area contributed by atoms with Gasteiger partial charge in [0.1, 0.15) is 17.1 Å². The summed E-state index contributed by atoms with van der Waals surface area (Å²) in [5.41, 5.74) is 0.310. The van der Waals surface area contributed by atoms with Gasteiger partial charge in [0.25, 0.3) is 0 Å². The van der Waals surface area contributed by atoms with Gasteiger partial charge in [0.2, 0.25) is 23.3 Å². The average molecular weight is 335 g/mol. The summed E-state index contributed by atoms with van der Waals surface area (Å²) >= 11 is 0. The molecule has 0 aliphatic rings.